The van der Waals surface area contributed by atoms with Crippen molar-refractivity contribution in [3.63, 3.8) is 0 Å². The third-order valence-corrected chi connectivity index (χ3v) is 2.27. The van der Waals surface area contributed by atoms with Crippen LogP contribution in [0.2, 0.25) is 0 Å². The van der Waals surface area contributed by atoms with Crippen molar-refractivity contribution < 1.29 is 4.74 Å². The van der Waals surface area contributed by atoms with Gasteiger partial charge in [-0.15, -0.1) is 12.4 Å². The van der Waals surface area contributed by atoms with Crippen molar-refractivity contribution in [2.45, 2.75) is 18.4 Å². The summed E-state index contributed by atoms with van der Waals surface area (Å²) in [5, 5.41) is 3.34. The second-order valence-electron chi connectivity index (χ2n) is 3.06. The number of nitrogens with one attached hydrogen (secondary N) is 1. The Labute approximate surface area is 73.4 Å². The van der Waals surface area contributed by atoms with Crippen molar-refractivity contribution in [2.24, 2.45) is 0 Å². The zero-order valence-corrected chi connectivity index (χ0v) is 7.32. The summed E-state index contributed by atoms with van der Waals surface area (Å²) in [5.41, 5.74) is 0.0816. The smallest absolute Gasteiger partial charge is 0.0991 e. The average molecular weight is 176 g/mol. The quantitative estimate of drug-likeness (QED) is 0.558. The van der Waals surface area contributed by atoms with Crippen LogP contribution in [0.4, 0.5) is 0 Å². The molecule has 64 valence electrons. The molecule has 0 aromatic heterocycles. The van der Waals surface area contributed by atoms with Crippen LogP contribution in [0.3, 0.4) is 0 Å². The number of ether oxygens (including phenoxy) is 1. The second-order valence-corrected chi connectivity index (χ2v) is 3.06. The van der Waals surface area contributed by atoms with Crippen LogP contribution in [-0.4, -0.2) is 25.3 Å². The summed E-state index contributed by atoms with van der Waals surface area (Å²) in [6.45, 7) is 2.96. The van der Waals surface area contributed by atoms with Crippen LogP contribution in [0.25, 0.3) is 0 Å². The van der Waals surface area contributed by atoms with Gasteiger partial charge >= 0.3 is 0 Å². The maximum absolute atomic E-state index is 5.61. The molecular formula is C8H14ClNO. The molecule has 1 N–H and O–H groups in total. The summed E-state index contributed by atoms with van der Waals surface area (Å²) in [7, 11) is 0. The van der Waals surface area contributed by atoms with Crippen LogP contribution < -0.4 is 5.32 Å². The third kappa shape index (κ3) is 1.75. The van der Waals surface area contributed by atoms with Gasteiger partial charge in [0.15, 0.2) is 0 Å². The highest BCUT2D eigenvalue weighted by atomic mass is 35.5. The van der Waals surface area contributed by atoms with Crippen molar-refractivity contribution in [3.05, 3.63) is 12.2 Å². The van der Waals surface area contributed by atoms with E-state index in [1.54, 1.807) is 0 Å². The lowest BCUT2D eigenvalue weighted by Gasteiger charge is -2.31. The van der Waals surface area contributed by atoms with E-state index in [1.807, 2.05) is 0 Å². The number of hydrogen-bond acceptors (Lipinski definition) is 2. The SMILES string of the molecule is C1=CC2(CCCNC2)OC1.Cl. The van der Waals surface area contributed by atoms with Crippen LogP contribution in [0.5, 0.6) is 0 Å². The summed E-state index contributed by atoms with van der Waals surface area (Å²) in [4.78, 5) is 0. The van der Waals surface area contributed by atoms with E-state index in [2.05, 4.69) is 17.5 Å². The monoisotopic (exact) mass is 175 g/mol. The van der Waals surface area contributed by atoms with Gasteiger partial charge in [0.2, 0.25) is 0 Å². The Morgan fingerprint density at radius 1 is 1.45 bits per heavy atom. The molecule has 11 heavy (non-hydrogen) atoms. The molecule has 1 unspecified atom stereocenters. The van der Waals surface area contributed by atoms with E-state index >= 15 is 0 Å². The fourth-order valence-corrected chi connectivity index (χ4v) is 1.69. The summed E-state index contributed by atoms with van der Waals surface area (Å²) in [5.74, 6) is 0. The minimum atomic E-state index is 0. The van der Waals surface area contributed by atoms with E-state index in [9.17, 15) is 0 Å². The zero-order valence-electron chi connectivity index (χ0n) is 6.51. The summed E-state index contributed by atoms with van der Waals surface area (Å²) in [6, 6.07) is 0. The Kier molecular flexibility index (Phi) is 2.93. The summed E-state index contributed by atoms with van der Waals surface area (Å²) < 4.78 is 5.61. The number of piperidine rings is 1. The van der Waals surface area contributed by atoms with E-state index in [-0.39, 0.29) is 18.0 Å². The van der Waals surface area contributed by atoms with Crippen molar-refractivity contribution in [1.29, 1.82) is 0 Å². The van der Waals surface area contributed by atoms with Gasteiger partial charge in [-0.1, -0.05) is 12.2 Å². The average Bonchev–Trinajstić information content (AvgIpc) is 2.39. The molecule has 1 fully saturated rings. The first-order valence-corrected chi connectivity index (χ1v) is 3.94. The number of hydrogen-bond donors (Lipinski definition) is 1. The van der Waals surface area contributed by atoms with Gasteiger partial charge in [0, 0.05) is 6.54 Å². The molecule has 2 nitrogen and oxygen atoms in total. The highest BCUT2D eigenvalue weighted by molar-refractivity contribution is 5.85. The predicted octanol–water partition coefficient (Wildman–Crippen LogP) is 1.12. The van der Waals surface area contributed by atoms with E-state index < -0.39 is 0 Å². The topological polar surface area (TPSA) is 21.3 Å². The molecule has 0 bridgehead atoms. The standard InChI is InChI=1S/C8H13NO.ClH/c1-3-8(7-9-5-1)4-2-6-10-8;/h2,4,9H,1,3,5-7H2;1H. The molecular weight excluding hydrogens is 162 g/mol. The second kappa shape index (κ2) is 3.57. The van der Waals surface area contributed by atoms with Gasteiger partial charge in [0.05, 0.1) is 12.2 Å². The minimum Gasteiger partial charge on any atom is -0.366 e. The molecule has 2 rings (SSSR count). The molecule has 0 aromatic rings. The third-order valence-electron chi connectivity index (χ3n) is 2.27. The molecule has 2 aliphatic rings. The molecule has 0 aromatic carbocycles. The van der Waals surface area contributed by atoms with Gasteiger partial charge in [-0.05, 0) is 19.4 Å². The maximum atomic E-state index is 5.61. The van der Waals surface area contributed by atoms with E-state index in [4.69, 9.17) is 4.74 Å². The molecule has 0 aliphatic carbocycles. The highest BCUT2D eigenvalue weighted by Gasteiger charge is 2.32. The van der Waals surface area contributed by atoms with Crippen LogP contribution in [0.1, 0.15) is 12.8 Å². The molecule has 3 heteroatoms. The van der Waals surface area contributed by atoms with Gasteiger partial charge < -0.3 is 10.1 Å². The highest BCUT2D eigenvalue weighted by Crippen LogP contribution is 2.25. The molecule has 1 atom stereocenters. The van der Waals surface area contributed by atoms with E-state index in [0.29, 0.717) is 0 Å². The lowest BCUT2D eigenvalue weighted by atomic mass is 9.95. The molecule has 0 saturated carbocycles. The van der Waals surface area contributed by atoms with Crippen LogP contribution >= 0.6 is 12.4 Å². The predicted molar refractivity (Wildman–Crippen MR) is 47.2 cm³/mol. The molecule has 2 heterocycles. The molecule has 1 saturated heterocycles. The lowest BCUT2D eigenvalue weighted by Crippen LogP contribution is -2.44. The van der Waals surface area contributed by atoms with Crippen molar-refractivity contribution in [3.8, 4) is 0 Å². The Morgan fingerprint density at radius 3 is 2.91 bits per heavy atom. The maximum Gasteiger partial charge on any atom is 0.0991 e. The van der Waals surface area contributed by atoms with Gasteiger partial charge in [0.25, 0.3) is 0 Å². The van der Waals surface area contributed by atoms with Gasteiger partial charge in [-0.2, -0.15) is 0 Å². The lowest BCUT2D eigenvalue weighted by molar-refractivity contribution is 0.00778. The zero-order chi connectivity index (χ0) is 6.86. The van der Waals surface area contributed by atoms with Gasteiger partial charge in [0.1, 0.15) is 0 Å². The minimum absolute atomic E-state index is 0. The summed E-state index contributed by atoms with van der Waals surface area (Å²) >= 11 is 0. The van der Waals surface area contributed by atoms with Crippen molar-refractivity contribution in [1.82, 2.24) is 5.32 Å². The largest absolute Gasteiger partial charge is 0.366 e. The van der Waals surface area contributed by atoms with Gasteiger partial charge in [-0.3, -0.25) is 0 Å². The van der Waals surface area contributed by atoms with E-state index in [1.165, 1.54) is 12.8 Å². The molecule has 1 spiro atoms. The van der Waals surface area contributed by atoms with E-state index in [0.717, 1.165) is 19.7 Å². The van der Waals surface area contributed by atoms with Crippen LogP contribution in [-0.2, 0) is 4.74 Å². The Bertz CT molecular complexity index is 152. The normalized spacial score (nSPS) is 35.6. The first-order chi connectivity index (χ1) is 4.91. The Morgan fingerprint density at radius 2 is 2.36 bits per heavy atom. The Balaban J connectivity index is 0.000000605. The fraction of sp³-hybridized carbons (Fsp3) is 0.750. The summed E-state index contributed by atoms with van der Waals surface area (Å²) in [6.07, 6.45) is 6.76. The van der Waals surface area contributed by atoms with Crippen molar-refractivity contribution in [2.75, 3.05) is 19.7 Å². The first-order valence-electron chi connectivity index (χ1n) is 3.94. The fourth-order valence-electron chi connectivity index (χ4n) is 1.69. The Hall–Kier alpha value is -0.0500. The first kappa shape index (κ1) is 9.04. The van der Waals surface area contributed by atoms with Crippen LogP contribution in [0.15, 0.2) is 12.2 Å². The molecule has 0 radical (unpaired) electrons. The molecule has 2 aliphatic heterocycles. The van der Waals surface area contributed by atoms with Gasteiger partial charge in [-0.25, -0.2) is 0 Å². The van der Waals surface area contributed by atoms with Crippen molar-refractivity contribution >= 4 is 12.4 Å². The number of halogens is 1. The molecule has 0 amide bonds. The number of rotatable bonds is 0. The van der Waals surface area contributed by atoms with Crippen LogP contribution in [0, 0.1) is 0 Å².